The molecule has 0 unspecified atom stereocenters. The van der Waals surface area contributed by atoms with E-state index in [1.54, 1.807) is 18.2 Å². The van der Waals surface area contributed by atoms with Crippen molar-refractivity contribution in [2.75, 3.05) is 0 Å². The maximum absolute atomic E-state index is 12.6. The Hall–Kier alpha value is -3.11. The summed E-state index contributed by atoms with van der Waals surface area (Å²) in [7, 11) is 0. The average molecular weight is 363 g/mol. The number of rotatable bonds is 3. The van der Waals surface area contributed by atoms with Gasteiger partial charge in [0, 0.05) is 17.0 Å². The first-order valence-electron chi connectivity index (χ1n) is 8.15. The average Bonchev–Trinajstić information content (AvgIpc) is 2.66. The van der Waals surface area contributed by atoms with Gasteiger partial charge in [-0.15, -0.1) is 0 Å². The van der Waals surface area contributed by atoms with Gasteiger partial charge < -0.3 is 9.73 Å². The molecule has 1 heterocycles. The van der Waals surface area contributed by atoms with Crippen LogP contribution in [0.3, 0.4) is 0 Å². The van der Waals surface area contributed by atoms with Gasteiger partial charge >= 0.3 is 0 Å². The molecule has 0 spiro atoms. The summed E-state index contributed by atoms with van der Waals surface area (Å²) in [4.78, 5) is 12.6. The Morgan fingerprint density at radius 2 is 1.77 bits per heavy atom. The molecule has 5 heteroatoms. The van der Waals surface area contributed by atoms with Crippen LogP contribution in [-0.2, 0) is 6.54 Å². The molecule has 1 amide bonds. The monoisotopic (exact) mass is 362 g/mol. The number of carbonyl (C=O) groups excluding carboxylic acids is 1. The Morgan fingerprint density at radius 3 is 2.58 bits per heavy atom. The fraction of sp³-hybridized carbons (Fsp3) is 0.0476. The van der Waals surface area contributed by atoms with Crippen LogP contribution in [0.5, 0.6) is 0 Å². The van der Waals surface area contributed by atoms with Gasteiger partial charge in [-0.3, -0.25) is 10.2 Å². The summed E-state index contributed by atoms with van der Waals surface area (Å²) < 4.78 is 5.58. The molecule has 4 nitrogen and oxygen atoms in total. The van der Waals surface area contributed by atoms with Crippen molar-refractivity contribution in [2.45, 2.75) is 6.54 Å². The lowest BCUT2D eigenvalue weighted by atomic mass is 10.0. The molecule has 2 N–H and O–H groups in total. The van der Waals surface area contributed by atoms with Gasteiger partial charge in [-0.05, 0) is 40.6 Å². The van der Waals surface area contributed by atoms with E-state index in [0.29, 0.717) is 17.2 Å². The first kappa shape index (κ1) is 16.4. The molecule has 0 aliphatic carbocycles. The predicted octanol–water partition coefficient (Wildman–Crippen LogP) is 4.65. The molecule has 128 valence electrons. The third-order valence-electron chi connectivity index (χ3n) is 4.29. The number of carbonyl (C=O) groups is 1. The van der Waals surface area contributed by atoms with Gasteiger partial charge in [-0.25, -0.2) is 0 Å². The number of amides is 1. The fourth-order valence-electron chi connectivity index (χ4n) is 2.94. The molecule has 0 bridgehead atoms. The van der Waals surface area contributed by atoms with Crippen LogP contribution < -0.4 is 10.9 Å². The van der Waals surface area contributed by atoms with Crippen molar-refractivity contribution >= 4 is 39.2 Å². The Bertz CT molecular complexity index is 1180. The van der Waals surface area contributed by atoms with Crippen molar-refractivity contribution in [1.82, 2.24) is 5.32 Å². The molecular formula is C21H15ClN2O2. The summed E-state index contributed by atoms with van der Waals surface area (Å²) in [6, 6.07) is 20.6. The van der Waals surface area contributed by atoms with Crippen molar-refractivity contribution in [3.05, 3.63) is 88.4 Å². The van der Waals surface area contributed by atoms with E-state index in [0.717, 1.165) is 21.7 Å². The topological polar surface area (TPSA) is 66.1 Å². The van der Waals surface area contributed by atoms with Crippen LogP contribution in [0.1, 0.15) is 15.9 Å². The second-order valence-electron chi connectivity index (χ2n) is 6.00. The first-order valence-corrected chi connectivity index (χ1v) is 8.52. The highest BCUT2D eigenvalue weighted by Gasteiger charge is 2.13. The molecule has 0 aliphatic heterocycles. The van der Waals surface area contributed by atoms with Crippen LogP contribution >= 0.6 is 11.6 Å². The summed E-state index contributed by atoms with van der Waals surface area (Å²) in [5.41, 5.74) is 1.57. The molecule has 0 aliphatic rings. The van der Waals surface area contributed by atoms with E-state index >= 15 is 0 Å². The van der Waals surface area contributed by atoms with Crippen molar-refractivity contribution in [3.63, 3.8) is 0 Å². The maximum atomic E-state index is 12.6. The zero-order valence-electron chi connectivity index (χ0n) is 13.8. The molecular weight excluding hydrogens is 348 g/mol. The van der Waals surface area contributed by atoms with Crippen LogP contribution in [0, 0.1) is 5.41 Å². The zero-order chi connectivity index (χ0) is 18.1. The molecule has 0 atom stereocenters. The van der Waals surface area contributed by atoms with Crippen LogP contribution in [0.2, 0.25) is 5.02 Å². The van der Waals surface area contributed by atoms with Crippen molar-refractivity contribution < 1.29 is 9.21 Å². The summed E-state index contributed by atoms with van der Waals surface area (Å²) in [5, 5.41) is 14.4. The Balaban J connectivity index is 1.69. The Labute approximate surface area is 154 Å². The van der Waals surface area contributed by atoms with Gasteiger partial charge in [-0.1, -0.05) is 54.1 Å². The smallest absolute Gasteiger partial charge is 0.257 e. The molecule has 0 fully saturated rings. The minimum absolute atomic E-state index is 0.151. The second kappa shape index (κ2) is 6.65. The quantitative estimate of drug-likeness (QED) is 0.521. The highest BCUT2D eigenvalue weighted by Crippen LogP contribution is 2.24. The largest absolute Gasteiger partial charge is 0.438 e. The number of hydrogen-bond donors (Lipinski definition) is 2. The lowest BCUT2D eigenvalue weighted by Crippen LogP contribution is -2.27. The molecule has 0 radical (unpaired) electrons. The number of hydrogen-bond acceptors (Lipinski definition) is 3. The Kier molecular flexibility index (Phi) is 4.19. The molecule has 4 rings (SSSR count). The highest BCUT2D eigenvalue weighted by atomic mass is 35.5. The number of nitrogens with one attached hydrogen (secondary N) is 2. The van der Waals surface area contributed by atoms with Crippen molar-refractivity contribution in [2.24, 2.45) is 0 Å². The molecule has 4 aromatic rings. The minimum Gasteiger partial charge on any atom is -0.438 e. The summed E-state index contributed by atoms with van der Waals surface area (Å²) in [6.07, 6.45) is 0. The van der Waals surface area contributed by atoms with Crippen LogP contribution in [0.15, 0.2) is 71.1 Å². The van der Waals surface area contributed by atoms with Gasteiger partial charge in [0.25, 0.3) is 5.91 Å². The number of halogens is 1. The third kappa shape index (κ3) is 3.07. The summed E-state index contributed by atoms with van der Waals surface area (Å²) >= 11 is 5.87. The van der Waals surface area contributed by atoms with E-state index in [4.69, 9.17) is 21.4 Å². The normalized spacial score (nSPS) is 11.0. The van der Waals surface area contributed by atoms with Crippen molar-refractivity contribution in [1.29, 1.82) is 5.41 Å². The van der Waals surface area contributed by atoms with Crippen LogP contribution in [0.25, 0.3) is 21.7 Å². The van der Waals surface area contributed by atoms with E-state index < -0.39 is 0 Å². The van der Waals surface area contributed by atoms with E-state index in [1.807, 2.05) is 48.5 Å². The van der Waals surface area contributed by atoms with Gasteiger partial charge in [0.1, 0.15) is 11.1 Å². The standard InChI is InChI=1S/C21H15ClN2O2/c22-15-8-5-13(6-9-15)12-24-21(25)18-11-17-16-4-2-1-3-14(16)7-10-19(17)26-20(18)23/h1-11,23H,12H2,(H,24,25). The van der Waals surface area contributed by atoms with E-state index in [9.17, 15) is 4.79 Å². The van der Waals surface area contributed by atoms with Crippen LogP contribution in [0.4, 0.5) is 0 Å². The van der Waals surface area contributed by atoms with E-state index in [1.165, 1.54) is 0 Å². The zero-order valence-corrected chi connectivity index (χ0v) is 14.5. The highest BCUT2D eigenvalue weighted by molar-refractivity contribution is 6.30. The van der Waals surface area contributed by atoms with Gasteiger partial charge in [-0.2, -0.15) is 0 Å². The molecule has 0 saturated carbocycles. The van der Waals surface area contributed by atoms with Gasteiger partial charge in [0.2, 0.25) is 5.55 Å². The van der Waals surface area contributed by atoms with Crippen LogP contribution in [-0.4, -0.2) is 5.91 Å². The van der Waals surface area contributed by atoms with E-state index in [-0.39, 0.29) is 17.0 Å². The molecule has 3 aromatic carbocycles. The van der Waals surface area contributed by atoms with Crippen molar-refractivity contribution in [3.8, 4) is 0 Å². The molecule has 1 aromatic heterocycles. The third-order valence-corrected chi connectivity index (χ3v) is 4.54. The summed E-state index contributed by atoms with van der Waals surface area (Å²) in [6.45, 7) is 0.350. The molecule has 0 saturated heterocycles. The predicted molar refractivity (Wildman–Crippen MR) is 102 cm³/mol. The fourth-order valence-corrected chi connectivity index (χ4v) is 3.06. The Morgan fingerprint density at radius 1 is 1.00 bits per heavy atom. The maximum Gasteiger partial charge on any atom is 0.257 e. The first-order chi connectivity index (χ1) is 12.6. The lowest BCUT2D eigenvalue weighted by molar-refractivity contribution is 0.0946. The lowest BCUT2D eigenvalue weighted by Gasteiger charge is -2.08. The summed E-state index contributed by atoms with van der Waals surface area (Å²) in [5.74, 6) is -0.344. The van der Waals surface area contributed by atoms with Gasteiger partial charge in [0.15, 0.2) is 0 Å². The van der Waals surface area contributed by atoms with E-state index in [2.05, 4.69) is 5.32 Å². The number of benzene rings is 3. The minimum atomic E-state index is -0.344. The van der Waals surface area contributed by atoms with Gasteiger partial charge in [0.05, 0.1) is 0 Å². The molecule has 26 heavy (non-hydrogen) atoms. The number of fused-ring (bicyclic) bond motifs is 3. The SMILES string of the molecule is N=c1oc2ccc3ccccc3c2cc1C(=O)NCc1ccc(Cl)cc1. The second-order valence-corrected chi connectivity index (χ2v) is 6.43.